The van der Waals surface area contributed by atoms with E-state index in [9.17, 15) is 15.0 Å². The number of nitrogens with zero attached hydrogens (tertiary/aromatic N) is 8. The number of fused-ring (bicyclic) bond motifs is 8. The lowest BCUT2D eigenvalue weighted by atomic mass is 9.92. The van der Waals surface area contributed by atoms with Crippen LogP contribution in [0.5, 0.6) is 0 Å². The number of carbonyl (C=O) groups excluding carboxylic acids is 1. The van der Waals surface area contributed by atoms with Crippen molar-refractivity contribution in [2.75, 3.05) is 0 Å². The van der Waals surface area contributed by atoms with E-state index in [1.54, 1.807) is 21.4 Å². The number of ketones is 1. The smallest absolute Gasteiger partial charge is 0.183 e. The van der Waals surface area contributed by atoms with Gasteiger partial charge in [-0.3, -0.25) is 15.0 Å². The maximum absolute atomic E-state index is 14.0. The number of benzene rings is 6. The van der Waals surface area contributed by atoms with Crippen molar-refractivity contribution in [2.24, 2.45) is 0 Å². The number of Topliss-reactive ketones (excluding diaryl/α,β-unsaturated/α-hetero) is 1. The summed E-state index contributed by atoms with van der Waals surface area (Å²) in [7, 11) is 0. The first-order valence-corrected chi connectivity index (χ1v) is 20.5. The number of hydrogen-bond donors (Lipinski definition) is 4. The van der Waals surface area contributed by atoms with E-state index >= 15 is 0 Å². The van der Waals surface area contributed by atoms with Crippen LogP contribution >= 0.6 is 0 Å². The van der Waals surface area contributed by atoms with E-state index in [4.69, 9.17) is 0 Å². The first-order valence-electron chi connectivity index (χ1n) is 20.5. The second-order valence-corrected chi connectivity index (χ2v) is 16.0. The minimum atomic E-state index is -1.50. The Balaban J connectivity index is 0.846. The van der Waals surface area contributed by atoms with Gasteiger partial charge >= 0.3 is 0 Å². The van der Waals surface area contributed by atoms with E-state index in [0.29, 0.717) is 34.1 Å². The van der Waals surface area contributed by atoms with Crippen molar-refractivity contribution in [3.63, 3.8) is 0 Å². The molecule has 0 aliphatic heterocycles. The zero-order valence-electron chi connectivity index (χ0n) is 32.7. The summed E-state index contributed by atoms with van der Waals surface area (Å²) in [6, 6.07) is 49.6. The molecule has 4 N–H and O–H groups in total. The molecule has 13 nitrogen and oxygen atoms in total. The maximum atomic E-state index is 14.0. The number of aliphatic hydroxyl groups excluding tert-OH is 2. The molecule has 0 radical (unpaired) electrons. The van der Waals surface area contributed by atoms with Crippen LogP contribution in [-0.2, 0) is 4.79 Å². The topological polar surface area (TPSA) is 159 Å². The van der Waals surface area contributed by atoms with E-state index in [0.717, 1.165) is 66.1 Å². The van der Waals surface area contributed by atoms with Crippen LogP contribution in [0.15, 0.2) is 158 Å². The van der Waals surface area contributed by atoms with Crippen molar-refractivity contribution in [2.45, 2.75) is 24.0 Å². The van der Waals surface area contributed by atoms with Crippen molar-refractivity contribution in [1.29, 1.82) is 0 Å². The standard InChI is InChI=1S/C49H34N10O3/c60-43-41(35-25-50-58-46(52-54-48(35)58)27-19-21-39-33(23-27)31-15-7-9-17-37(31)56(39)29-11-3-1-4-12-29)44(61)45(62)42(43)36-26-51-59-47(53-55-49(36)59)28-20-22-40-34(24-28)32-16-8-10-18-38(32)57(40)30-13-5-2-6-14-30/h1-26,41-44,50-51,60-61H. The lowest BCUT2D eigenvalue weighted by molar-refractivity contribution is -0.126. The van der Waals surface area contributed by atoms with E-state index in [1.165, 1.54) is 0 Å². The highest BCUT2D eigenvalue weighted by Gasteiger charge is 2.52. The van der Waals surface area contributed by atoms with Crippen LogP contribution < -0.4 is 0 Å². The number of para-hydroxylation sites is 4. The molecular formula is C49H34N10O3. The number of rotatable bonds is 6. The highest BCUT2D eigenvalue weighted by atomic mass is 16.3. The number of aromatic nitrogens is 10. The Hall–Kier alpha value is -8.13. The molecule has 1 aliphatic carbocycles. The van der Waals surface area contributed by atoms with E-state index in [1.807, 2.05) is 72.8 Å². The fourth-order valence-electron chi connectivity index (χ4n) is 9.98. The SMILES string of the molecule is O=C1C(O)C(c2c[nH]n3c(-c4ccc5c(c4)c4ccccc4n5-c4ccccc4)nnc23)C(O)C1c1c[nH]n2c(-c3ccc4c(c3)c3ccccc3n4-c3ccccc3)nnc12. The maximum Gasteiger partial charge on any atom is 0.183 e. The van der Waals surface area contributed by atoms with Gasteiger partial charge in [0, 0.05) is 73.5 Å². The quantitative estimate of drug-likeness (QED) is 0.132. The minimum absolute atomic E-state index is 0.394. The molecule has 6 aromatic carbocycles. The molecule has 298 valence electrons. The fraction of sp³-hybridized carbons (Fsp3) is 0.0816. The number of H-pyrrole nitrogens is 2. The molecule has 4 atom stereocenters. The van der Waals surface area contributed by atoms with Gasteiger partial charge in [-0.15, -0.1) is 20.4 Å². The van der Waals surface area contributed by atoms with Gasteiger partial charge in [0.1, 0.15) is 6.10 Å². The summed E-state index contributed by atoms with van der Waals surface area (Å²) in [4.78, 5) is 14.0. The summed E-state index contributed by atoms with van der Waals surface area (Å²) in [6.45, 7) is 0. The zero-order chi connectivity index (χ0) is 41.2. The van der Waals surface area contributed by atoms with Crippen LogP contribution in [0.25, 0.3) is 89.1 Å². The van der Waals surface area contributed by atoms with E-state index in [2.05, 4.69) is 113 Å². The molecule has 0 amide bonds. The van der Waals surface area contributed by atoms with Crippen LogP contribution in [0.3, 0.4) is 0 Å². The van der Waals surface area contributed by atoms with Crippen LogP contribution in [0.1, 0.15) is 23.0 Å². The monoisotopic (exact) mass is 810 g/mol. The molecule has 0 spiro atoms. The number of aromatic amines is 2. The second-order valence-electron chi connectivity index (χ2n) is 16.0. The number of aliphatic hydroxyl groups is 2. The van der Waals surface area contributed by atoms with Gasteiger partial charge in [-0.2, -0.15) is 0 Å². The summed E-state index contributed by atoms with van der Waals surface area (Å²) in [5, 5.41) is 52.5. The minimum Gasteiger partial charge on any atom is -0.391 e. The highest BCUT2D eigenvalue weighted by Crippen LogP contribution is 2.45. The summed E-state index contributed by atoms with van der Waals surface area (Å²) >= 11 is 0. The lowest BCUT2D eigenvalue weighted by Crippen LogP contribution is -2.23. The van der Waals surface area contributed by atoms with Gasteiger partial charge in [0.2, 0.25) is 0 Å². The molecule has 0 bridgehead atoms. The second kappa shape index (κ2) is 12.9. The molecule has 1 saturated carbocycles. The predicted molar refractivity (Wildman–Crippen MR) is 237 cm³/mol. The van der Waals surface area contributed by atoms with Gasteiger partial charge in [0.25, 0.3) is 0 Å². The van der Waals surface area contributed by atoms with Gasteiger partial charge in [0.15, 0.2) is 28.7 Å². The Kier molecular flexibility index (Phi) is 7.24. The van der Waals surface area contributed by atoms with Crippen LogP contribution in [-0.4, -0.2) is 77.0 Å². The Morgan fingerprint density at radius 3 is 1.47 bits per heavy atom. The Morgan fingerprint density at radius 2 is 0.935 bits per heavy atom. The van der Waals surface area contributed by atoms with Gasteiger partial charge < -0.3 is 19.3 Å². The van der Waals surface area contributed by atoms with Gasteiger partial charge in [-0.05, 0) is 72.8 Å². The Bertz CT molecular complexity index is 3740. The molecule has 4 unspecified atom stereocenters. The van der Waals surface area contributed by atoms with Crippen LogP contribution in [0.4, 0.5) is 0 Å². The molecule has 13 heteroatoms. The van der Waals surface area contributed by atoms with Crippen molar-refractivity contribution < 1.29 is 15.0 Å². The van der Waals surface area contributed by atoms with E-state index < -0.39 is 29.8 Å². The van der Waals surface area contributed by atoms with Gasteiger partial charge in [-0.1, -0.05) is 72.8 Å². The summed E-state index contributed by atoms with van der Waals surface area (Å²) in [6.07, 6.45) is 0.559. The first-order chi connectivity index (χ1) is 30.5. The van der Waals surface area contributed by atoms with Crippen molar-refractivity contribution in [3.8, 4) is 34.2 Å². The number of nitrogens with one attached hydrogen (secondary N) is 2. The summed E-state index contributed by atoms with van der Waals surface area (Å²) < 4.78 is 7.96. The molecule has 0 saturated heterocycles. The summed E-state index contributed by atoms with van der Waals surface area (Å²) in [5.74, 6) is -1.46. The Labute approximate surface area is 350 Å². The average molecular weight is 811 g/mol. The normalized spacial score (nSPS) is 18.2. The molecule has 62 heavy (non-hydrogen) atoms. The molecule has 1 aliphatic rings. The van der Waals surface area contributed by atoms with Crippen molar-refractivity contribution >= 4 is 60.7 Å². The summed E-state index contributed by atoms with van der Waals surface area (Å²) in [5.41, 5.74) is 9.82. The van der Waals surface area contributed by atoms with Crippen LogP contribution in [0, 0.1) is 0 Å². The average Bonchev–Trinajstić information content (AvgIpc) is 4.19. The third-order valence-corrected chi connectivity index (χ3v) is 12.8. The molecule has 12 aromatic rings. The van der Waals surface area contributed by atoms with Crippen LogP contribution in [0.2, 0.25) is 0 Å². The first kappa shape index (κ1) is 34.7. The molecule has 13 rings (SSSR count). The predicted octanol–water partition coefficient (Wildman–Crippen LogP) is 8.13. The lowest BCUT2D eigenvalue weighted by Gasteiger charge is -2.17. The van der Waals surface area contributed by atoms with Crippen molar-refractivity contribution in [3.05, 3.63) is 169 Å². The largest absolute Gasteiger partial charge is 0.391 e. The van der Waals surface area contributed by atoms with E-state index in [-0.39, 0.29) is 0 Å². The van der Waals surface area contributed by atoms with Crippen molar-refractivity contribution in [1.82, 2.24) is 48.8 Å². The van der Waals surface area contributed by atoms with Gasteiger partial charge in [0.05, 0.1) is 34.1 Å². The fourth-order valence-corrected chi connectivity index (χ4v) is 9.98. The number of hydrogen-bond acceptors (Lipinski definition) is 7. The number of carbonyl (C=O) groups is 1. The third-order valence-electron chi connectivity index (χ3n) is 12.8. The third kappa shape index (κ3) is 4.76. The Morgan fingerprint density at radius 1 is 0.484 bits per heavy atom. The zero-order valence-corrected chi connectivity index (χ0v) is 32.7. The highest BCUT2D eigenvalue weighted by molar-refractivity contribution is 6.11. The van der Waals surface area contributed by atoms with Gasteiger partial charge in [-0.25, -0.2) is 9.03 Å². The molecule has 6 heterocycles. The molecular weight excluding hydrogens is 777 g/mol. The molecule has 6 aromatic heterocycles. The molecule has 1 fully saturated rings.